The van der Waals surface area contributed by atoms with Gasteiger partial charge in [-0.05, 0) is 37.1 Å². The van der Waals surface area contributed by atoms with Gasteiger partial charge < -0.3 is 10.1 Å². The summed E-state index contributed by atoms with van der Waals surface area (Å²) in [5.74, 6) is 0.212. The Balaban J connectivity index is 2.11. The number of amides is 3. The lowest BCUT2D eigenvalue weighted by Gasteiger charge is -2.15. The molecule has 1 fully saturated rings. The van der Waals surface area contributed by atoms with Gasteiger partial charge in [-0.25, -0.2) is 17.9 Å². The molecule has 2 N–H and O–H groups in total. The summed E-state index contributed by atoms with van der Waals surface area (Å²) in [5, 5.41) is 2.38. The average molecular weight is 341 g/mol. The molecule has 2 rings (SSSR count). The van der Waals surface area contributed by atoms with Crippen molar-refractivity contribution >= 4 is 22.0 Å². The minimum absolute atomic E-state index is 0.0157. The number of urea groups is 1. The Bertz CT molecular complexity index is 706. The van der Waals surface area contributed by atoms with Gasteiger partial charge in [0.25, 0.3) is 0 Å². The second-order valence-corrected chi connectivity index (χ2v) is 6.90. The Morgan fingerprint density at radius 1 is 1.26 bits per heavy atom. The molecule has 126 valence electrons. The molecule has 0 spiro atoms. The van der Waals surface area contributed by atoms with E-state index in [1.165, 1.54) is 7.11 Å². The van der Waals surface area contributed by atoms with E-state index in [0.717, 1.165) is 4.90 Å². The number of hydrogen-bond acceptors (Lipinski definition) is 5. The second-order valence-electron chi connectivity index (χ2n) is 5.19. The second kappa shape index (κ2) is 6.55. The molecule has 1 heterocycles. The van der Waals surface area contributed by atoms with Crippen molar-refractivity contribution in [3.8, 4) is 5.75 Å². The Kier molecular flexibility index (Phi) is 4.90. The van der Waals surface area contributed by atoms with Gasteiger partial charge >= 0.3 is 6.03 Å². The number of carbonyl (C=O) groups excluding carboxylic acids is 2. The van der Waals surface area contributed by atoms with E-state index in [1.54, 1.807) is 26.0 Å². The van der Waals surface area contributed by atoms with Gasteiger partial charge in [-0.1, -0.05) is 0 Å². The number of carbonyl (C=O) groups is 2. The predicted octanol–water partition coefficient (Wildman–Crippen LogP) is 0.142. The van der Waals surface area contributed by atoms with Gasteiger partial charge in [-0.15, -0.1) is 0 Å². The lowest BCUT2D eigenvalue weighted by molar-refractivity contribution is -0.124. The number of methoxy groups -OCH3 is 1. The highest BCUT2D eigenvalue weighted by Crippen LogP contribution is 2.25. The minimum atomic E-state index is -3.75. The zero-order valence-electron chi connectivity index (χ0n) is 13.2. The molecular formula is C14H19N3O5S. The van der Waals surface area contributed by atoms with Crippen LogP contribution < -0.4 is 14.8 Å². The summed E-state index contributed by atoms with van der Waals surface area (Å²) in [6.45, 7) is 3.25. The van der Waals surface area contributed by atoms with Gasteiger partial charge in [0, 0.05) is 13.1 Å². The first-order valence-electron chi connectivity index (χ1n) is 6.99. The maximum Gasteiger partial charge on any atom is 0.324 e. The monoisotopic (exact) mass is 341 g/mol. The number of rotatable bonds is 6. The van der Waals surface area contributed by atoms with Crippen LogP contribution in [0.5, 0.6) is 5.75 Å². The van der Waals surface area contributed by atoms with E-state index >= 15 is 0 Å². The third-order valence-electron chi connectivity index (χ3n) is 3.50. The Morgan fingerprint density at radius 2 is 1.87 bits per heavy atom. The first-order valence-corrected chi connectivity index (χ1v) is 8.47. The Morgan fingerprint density at radius 3 is 2.35 bits per heavy atom. The highest BCUT2D eigenvalue weighted by molar-refractivity contribution is 7.89. The summed E-state index contributed by atoms with van der Waals surface area (Å²) in [6, 6.07) is 2.77. The van der Waals surface area contributed by atoms with Crippen LogP contribution in [0.4, 0.5) is 4.79 Å². The molecule has 0 bridgehead atoms. The maximum atomic E-state index is 12.5. The number of nitrogens with one attached hydrogen (secondary N) is 2. The van der Waals surface area contributed by atoms with Crippen LogP contribution in [0, 0.1) is 13.8 Å². The molecule has 1 aliphatic heterocycles. The van der Waals surface area contributed by atoms with E-state index in [-0.39, 0.29) is 30.4 Å². The fourth-order valence-corrected chi connectivity index (χ4v) is 3.97. The van der Waals surface area contributed by atoms with Crippen LogP contribution in [-0.2, 0) is 14.8 Å². The fraction of sp³-hybridized carbons (Fsp3) is 0.429. The lowest BCUT2D eigenvalue weighted by Crippen LogP contribution is -2.38. The van der Waals surface area contributed by atoms with Crippen LogP contribution in [0.1, 0.15) is 11.1 Å². The average Bonchev–Trinajstić information content (AvgIpc) is 2.77. The van der Waals surface area contributed by atoms with Crippen LogP contribution in [0.3, 0.4) is 0 Å². The van der Waals surface area contributed by atoms with E-state index in [2.05, 4.69) is 10.0 Å². The third kappa shape index (κ3) is 3.62. The fourth-order valence-electron chi connectivity index (χ4n) is 2.50. The van der Waals surface area contributed by atoms with Gasteiger partial charge in [-0.2, -0.15) is 0 Å². The first-order chi connectivity index (χ1) is 10.8. The molecule has 3 amide bonds. The summed E-state index contributed by atoms with van der Waals surface area (Å²) < 4.78 is 32.4. The molecule has 9 heteroatoms. The number of sulfonamides is 1. The van der Waals surface area contributed by atoms with Crippen molar-refractivity contribution in [2.45, 2.75) is 18.7 Å². The third-order valence-corrected chi connectivity index (χ3v) is 5.27. The van der Waals surface area contributed by atoms with Crippen molar-refractivity contribution in [2.24, 2.45) is 0 Å². The van der Waals surface area contributed by atoms with E-state index in [9.17, 15) is 18.0 Å². The first kappa shape index (κ1) is 17.2. The van der Waals surface area contributed by atoms with Crippen molar-refractivity contribution < 1.29 is 22.7 Å². The van der Waals surface area contributed by atoms with Gasteiger partial charge in [0.05, 0.1) is 18.6 Å². The summed E-state index contributed by atoms with van der Waals surface area (Å²) in [6.07, 6.45) is 0. The molecule has 0 radical (unpaired) electrons. The van der Waals surface area contributed by atoms with E-state index < -0.39 is 16.1 Å². The van der Waals surface area contributed by atoms with Crippen LogP contribution >= 0.6 is 0 Å². The van der Waals surface area contributed by atoms with Crippen molar-refractivity contribution in [1.29, 1.82) is 0 Å². The predicted molar refractivity (Wildman–Crippen MR) is 82.8 cm³/mol. The molecule has 0 aromatic heterocycles. The quantitative estimate of drug-likeness (QED) is 0.716. The van der Waals surface area contributed by atoms with Gasteiger partial charge in [0.2, 0.25) is 15.9 Å². The molecule has 0 aliphatic carbocycles. The number of nitrogens with zero attached hydrogens (tertiary/aromatic N) is 1. The molecule has 0 atom stereocenters. The topological polar surface area (TPSA) is 105 Å². The number of aryl methyl sites for hydroxylation is 2. The number of hydrogen-bond donors (Lipinski definition) is 2. The van der Waals surface area contributed by atoms with Crippen LogP contribution in [0.25, 0.3) is 0 Å². The van der Waals surface area contributed by atoms with Crippen LogP contribution in [-0.4, -0.2) is 52.0 Å². The van der Waals surface area contributed by atoms with Gasteiger partial charge in [0.1, 0.15) is 5.75 Å². The van der Waals surface area contributed by atoms with E-state index in [1.807, 2.05) is 0 Å². The SMILES string of the molecule is COc1cc(C)c(S(=O)(=O)NCCN2C(=O)CNC2=O)c(C)c1. The number of imide groups is 1. The molecule has 1 saturated heterocycles. The van der Waals surface area contributed by atoms with Crippen molar-refractivity contribution in [3.63, 3.8) is 0 Å². The zero-order chi connectivity index (χ0) is 17.2. The van der Waals surface area contributed by atoms with Gasteiger partial charge in [0.15, 0.2) is 0 Å². The van der Waals surface area contributed by atoms with Gasteiger partial charge in [-0.3, -0.25) is 9.69 Å². The van der Waals surface area contributed by atoms with Crippen molar-refractivity contribution in [1.82, 2.24) is 14.9 Å². The highest BCUT2D eigenvalue weighted by Gasteiger charge is 2.28. The molecule has 1 aromatic carbocycles. The molecule has 23 heavy (non-hydrogen) atoms. The normalized spacial score (nSPS) is 15.0. The molecule has 8 nitrogen and oxygen atoms in total. The largest absolute Gasteiger partial charge is 0.497 e. The highest BCUT2D eigenvalue weighted by atomic mass is 32.2. The molecule has 0 unspecified atom stereocenters. The summed E-state index contributed by atoms with van der Waals surface area (Å²) in [4.78, 5) is 24.0. The Hall–Kier alpha value is -2.13. The minimum Gasteiger partial charge on any atom is -0.497 e. The molecule has 1 aromatic rings. The van der Waals surface area contributed by atoms with E-state index in [0.29, 0.717) is 16.9 Å². The molecule has 1 aliphatic rings. The maximum absolute atomic E-state index is 12.5. The number of benzene rings is 1. The van der Waals surface area contributed by atoms with Crippen molar-refractivity contribution in [3.05, 3.63) is 23.3 Å². The Labute approximate surface area is 134 Å². The molecule has 0 saturated carbocycles. The molecular weight excluding hydrogens is 322 g/mol. The summed E-state index contributed by atoms with van der Waals surface area (Å²) in [5.41, 5.74) is 1.12. The zero-order valence-corrected chi connectivity index (χ0v) is 14.0. The number of ether oxygens (including phenoxy) is 1. The lowest BCUT2D eigenvalue weighted by atomic mass is 10.1. The smallest absolute Gasteiger partial charge is 0.324 e. The summed E-state index contributed by atoms with van der Waals surface area (Å²) in [7, 11) is -2.24. The van der Waals surface area contributed by atoms with Crippen LogP contribution in [0.15, 0.2) is 17.0 Å². The van der Waals surface area contributed by atoms with Crippen LogP contribution in [0.2, 0.25) is 0 Å². The van der Waals surface area contributed by atoms with Crippen molar-refractivity contribution in [2.75, 3.05) is 26.7 Å². The van der Waals surface area contributed by atoms with E-state index in [4.69, 9.17) is 4.74 Å². The summed E-state index contributed by atoms with van der Waals surface area (Å²) >= 11 is 0. The standard InChI is InChI=1S/C14H19N3O5S/c1-9-6-11(22-3)7-10(2)13(9)23(20,21)16-4-5-17-12(18)8-15-14(17)19/h6-7,16H,4-5,8H2,1-3H3,(H,15,19).